The molecular weight excluding hydrogens is 396 g/mol. The topological polar surface area (TPSA) is 97.1 Å². The number of carbonyl (C=O) groups is 1. The quantitative estimate of drug-likeness (QED) is 0.421. The number of nitrogens with one attached hydrogen (secondary N) is 1. The van der Waals surface area contributed by atoms with E-state index in [-0.39, 0.29) is 12.3 Å². The van der Waals surface area contributed by atoms with Crippen molar-refractivity contribution in [3.63, 3.8) is 0 Å². The summed E-state index contributed by atoms with van der Waals surface area (Å²) in [6.45, 7) is 1.54. The van der Waals surface area contributed by atoms with Crippen LogP contribution in [0.1, 0.15) is 24.8 Å². The molecule has 1 amide bonds. The third kappa shape index (κ3) is 5.92. The Bertz CT molecular complexity index is 913. The molecule has 1 fully saturated rings. The largest absolute Gasteiger partial charge is 0.484 e. The van der Waals surface area contributed by atoms with Crippen LogP contribution in [-0.2, 0) is 4.79 Å². The lowest BCUT2D eigenvalue weighted by atomic mass is 10.1. The van der Waals surface area contributed by atoms with Crippen LogP contribution in [0.25, 0.3) is 0 Å². The lowest BCUT2D eigenvalue weighted by molar-refractivity contribution is -0.384. The first-order chi connectivity index (χ1) is 14.0. The summed E-state index contributed by atoms with van der Waals surface area (Å²) < 4.78 is 5.35. The minimum Gasteiger partial charge on any atom is -0.484 e. The third-order valence-electron chi connectivity index (χ3n) is 4.48. The van der Waals surface area contributed by atoms with Crippen molar-refractivity contribution in [2.24, 2.45) is 5.10 Å². The summed E-state index contributed by atoms with van der Waals surface area (Å²) in [4.78, 5) is 24.8. The Balaban J connectivity index is 1.65. The molecule has 2 aromatic carbocycles. The Morgan fingerprint density at radius 2 is 2.03 bits per heavy atom. The molecule has 0 atom stereocenters. The standard InChI is InChI=1S/C20H21ClN4O4/c21-16-5-4-6-18(12-16)29-14-20(26)23-22-13-15-11-17(25(27)28)7-8-19(15)24-9-2-1-3-10-24/h4-8,11-13H,1-3,9-10,14H2,(H,23,26). The maximum Gasteiger partial charge on any atom is 0.277 e. The molecular formula is C20H21ClN4O4. The van der Waals surface area contributed by atoms with Crippen molar-refractivity contribution in [3.05, 3.63) is 63.2 Å². The summed E-state index contributed by atoms with van der Waals surface area (Å²) in [5.41, 5.74) is 3.80. The van der Waals surface area contributed by atoms with Gasteiger partial charge < -0.3 is 9.64 Å². The normalized spacial score (nSPS) is 14.0. The fourth-order valence-corrected chi connectivity index (χ4v) is 3.27. The number of amides is 1. The minimum absolute atomic E-state index is 0.0252. The van der Waals surface area contributed by atoms with E-state index in [9.17, 15) is 14.9 Å². The van der Waals surface area contributed by atoms with E-state index in [1.165, 1.54) is 24.8 Å². The highest BCUT2D eigenvalue weighted by Crippen LogP contribution is 2.27. The summed E-state index contributed by atoms with van der Waals surface area (Å²) in [5.74, 6) is 0.0221. The number of anilines is 1. The molecule has 9 heteroatoms. The molecule has 1 saturated heterocycles. The minimum atomic E-state index is -0.453. The molecule has 0 aromatic heterocycles. The van der Waals surface area contributed by atoms with E-state index in [1.807, 2.05) is 0 Å². The van der Waals surface area contributed by atoms with Gasteiger partial charge in [-0.05, 0) is 43.5 Å². The zero-order valence-electron chi connectivity index (χ0n) is 15.7. The summed E-state index contributed by atoms with van der Waals surface area (Å²) in [6, 6.07) is 11.4. The number of hydrazone groups is 1. The number of benzene rings is 2. The maximum atomic E-state index is 12.0. The van der Waals surface area contributed by atoms with Gasteiger partial charge in [-0.25, -0.2) is 5.43 Å². The van der Waals surface area contributed by atoms with Gasteiger partial charge in [0.2, 0.25) is 0 Å². The Labute approximate surface area is 173 Å². The van der Waals surface area contributed by atoms with Gasteiger partial charge in [0.15, 0.2) is 6.61 Å². The number of carbonyl (C=O) groups excluding carboxylic acids is 1. The highest BCUT2D eigenvalue weighted by Gasteiger charge is 2.17. The molecule has 152 valence electrons. The number of piperidine rings is 1. The van der Waals surface area contributed by atoms with Crippen molar-refractivity contribution < 1.29 is 14.5 Å². The first kappa shape index (κ1) is 20.6. The number of nitrogens with zero attached hydrogens (tertiary/aromatic N) is 3. The zero-order chi connectivity index (χ0) is 20.6. The van der Waals surface area contributed by atoms with E-state index < -0.39 is 10.8 Å². The van der Waals surface area contributed by atoms with Crippen LogP contribution in [-0.4, -0.2) is 36.7 Å². The average molecular weight is 417 g/mol. The average Bonchev–Trinajstić information content (AvgIpc) is 2.73. The lowest BCUT2D eigenvalue weighted by Gasteiger charge is -2.29. The predicted molar refractivity (Wildman–Crippen MR) is 112 cm³/mol. The SMILES string of the molecule is O=C(COc1cccc(Cl)c1)NN=Cc1cc([N+](=O)[O-])ccc1N1CCCCC1. The van der Waals surface area contributed by atoms with Gasteiger partial charge in [-0.3, -0.25) is 14.9 Å². The molecule has 8 nitrogen and oxygen atoms in total. The van der Waals surface area contributed by atoms with Crippen LogP contribution in [0.2, 0.25) is 5.02 Å². The number of rotatable bonds is 7. The molecule has 0 saturated carbocycles. The Morgan fingerprint density at radius 1 is 1.24 bits per heavy atom. The van der Waals surface area contributed by atoms with Crippen molar-refractivity contribution in [1.82, 2.24) is 5.43 Å². The molecule has 1 N–H and O–H groups in total. The molecule has 0 bridgehead atoms. The van der Waals surface area contributed by atoms with Crippen molar-refractivity contribution in [2.75, 3.05) is 24.6 Å². The molecule has 0 unspecified atom stereocenters. The van der Waals surface area contributed by atoms with Gasteiger partial charge in [0.1, 0.15) is 5.75 Å². The number of halogens is 1. The number of ether oxygens (including phenoxy) is 1. The van der Waals surface area contributed by atoms with Crippen molar-refractivity contribution in [1.29, 1.82) is 0 Å². The number of hydrogen-bond donors (Lipinski definition) is 1. The van der Waals surface area contributed by atoms with Crippen LogP contribution in [0.15, 0.2) is 47.6 Å². The number of nitro benzene ring substituents is 1. The van der Waals surface area contributed by atoms with Gasteiger partial charge in [-0.2, -0.15) is 5.10 Å². The van der Waals surface area contributed by atoms with E-state index in [0.717, 1.165) is 31.6 Å². The monoisotopic (exact) mass is 416 g/mol. The highest BCUT2D eigenvalue weighted by atomic mass is 35.5. The van der Waals surface area contributed by atoms with Crippen LogP contribution in [0.3, 0.4) is 0 Å². The van der Waals surface area contributed by atoms with Crippen LogP contribution in [0, 0.1) is 10.1 Å². The van der Waals surface area contributed by atoms with Crippen LogP contribution in [0.4, 0.5) is 11.4 Å². The smallest absolute Gasteiger partial charge is 0.277 e. The second kappa shape index (κ2) is 9.88. The van der Waals surface area contributed by atoms with E-state index in [4.69, 9.17) is 16.3 Å². The fraction of sp³-hybridized carbons (Fsp3) is 0.300. The van der Waals surface area contributed by atoms with E-state index in [2.05, 4.69) is 15.4 Å². The number of nitro groups is 1. The van der Waals surface area contributed by atoms with Crippen molar-refractivity contribution in [2.45, 2.75) is 19.3 Å². The Hall–Kier alpha value is -3.13. The maximum absolute atomic E-state index is 12.0. The zero-order valence-corrected chi connectivity index (χ0v) is 16.5. The molecule has 0 spiro atoms. The molecule has 3 rings (SSSR count). The molecule has 29 heavy (non-hydrogen) atoms. The number of non-ortho nitro benzene ring substituents is 1. The van der Waals surface area contributed by atoms with E-state index in [1.54, 1.807) is 30.3 Å². The van der Waals surface area contributed by atoms with Crippen molar-refractivity contribution >= 4 is 35.1 Å². The van der Waals surface area contributed by atoms with E-state index >= 15 is 0 Å². The summed E-state index contributed by atoms with van der Waals surface area (Å²) in [5, 5.41) is 15.6. The summed E-state index contributed by atoms with van der Waals surface area (Å²) in [6.07, 6.45) is 4.75. The van der Waals surface area contributed by atoms with Crippen LogP contribution >= 0.6 is 11.6 Å². The van der Waals surface area contributed by atoms with Gasteiger partial charge in [0.25, 0.3) is 11.6 Å². The van der Waals surface area contributed by atoms with Gasteiger partial charge in [0.05, 0.1) is 11.1 Å². The highest BCUT2D eigenvalue weighted by molar-refractivity contribution is 6.30. The molecule has 2 aromatic rings. The Morgan fingerprint density at radius 3 is 2.76 bits per heavy atom. The molecule has 1 heterocycles. The van der Waals surface area contributed by atoms with Gasteiger partial charge in [-0.15, -0.1) is 0 Å². The number of hydrogen-bond acceptors (Lipinski definition) is 6. The second-order valence-corrected chi connectivity index (χ2v) is 7.02. The van der Waals surface area contributed by atoms with Gasteiger partial charge in [0, 0.05) is 41.5 Å². The predicted octanol–water partition coefficient (Wildman–Crippen LogP) is 3.77. The van der Waals surface area contributed by atoms with Crippen molar-refractivity contribution in [3.8, 4) is 5.75 Å². The van der Waals surface area contributed by atoms with E-state index in [0.29, 0.717) is 16.3 Å². The van der Waals surface area contributed by atoms with Gasteiger partial charge in [-0.1, -0.05) is 17.7 Å². The second-order valence-electron chi connectivity index (χ2n) is 6.59. The van der Waals surface area contributed by atoms with Crippen LogP contribution in [0.5, 0.6) is 5.75 Å². The fourth-order valence-electron chi connectivity index (χ4n) is 3.09. The summed E-state index contributed by atoms with van der Waals surface area (Å²) >= 11 is 5.87. The molecule has 1 aliphatic heterocycles. The first-order valence-electron chi connectivity index (χ1n) is 9.26. The first-order valence-corrected chi connectivity index (χ1v) is 9.64. The Kier molecular flexibility index (Phi) is 7.02. The lowest BCUT2D eigenvalue weighted by Crippen LogP contribution is -2.30. The van der Waals surface area contributed by atoms with Gasteiger partial charge >= 0.3 is 0 Å². The molecule has 0 aliphatic carbocycles. The third-order valence-corrected chi connectivity index (χ3v) is 4.71. The summed E-state index contributed by atoms with van der Waals surface area (Å²) in [7, 11) is 0. The molecule has 1 aliphatic rings. The molecule has 0 radical (unpaired) electrons. The van der Waals surface area contributed by atoms with Crippen LogP contribution < -0.4 is 15.1 Å².